The highest BCUT2D eigenvalue weighted by atomic mass is 16.3. The van der Waals surface area contributed by atoms with Gasteiger partial charge in [0.05, 0.1) is 41.1 Å². The molecule has 2 nitrogen and oxygen atoms in total. The average molecular weight is 1530 g/mol. The predicted octanol–water partition coefficient (Wildman–Crippen LogP) is 33.1. The van der Waals surface area contributed by atoms with Gasteiger partial charge in [-0.1, -0.05) is 381 Å². The topological polar surface area (TPSA) is 26.3 Å². The number of benzene rings is 22. The number of rotatable bonds is 10. The maximum Gasteiger partial charge on any atom is 0.143 e. The monoisotopic (exact) mass is 1530 g/mol. The van der Waals surface area contributed by atoms with E-state index in [0.29, 0.717) is 70.9 Å². The van der Waals surface area contributed by atoms with Crippen LogP contribution in [0.4, 0.5) is 0 Å². The highest BCUT2D eigenvalue weighted by Gasteiger charge is 2.26. The molecule has 24 rings (SSSR count). The SMILES string of the molecule is [2H]c1c([2H])c([2H])c(-c2c3ccccc3c(-c3ccc4c(-c5cc(-c6c([2H])c([2H])c([2H])c([2H])c6[2H])c6c(c5)oc5c(-c7c([2H])c([2H])c([2H])c([2H])c7[2H])cccc56)cc5ccccc5c4c3)c3ccccc23)c([2H])c1[2H].[2H]c1c([2H])c([2H])c(-c2ccc3c(c2)oc2c(-c4c([2H])c([2H])c([2H])c([2H])c4[2H])ccc(-c4cc5cc(-c6c7ccccc7c(-c7c([2H])c([2H])c([2H])c([2H])c7[2H])c7ccccc67)ccc5c5ccccc45)c23)c([2H])c1[2H]. The van der Waals surface area contributed by atoms with E-state index in [1.165, 1.54) is 0 Å². The Balaban J connectivity index is 0.000000163. The van der Waals surface area contributed by atoms with E-state index in [1.807, 2.05) is 176 Å². The van der Waals surface area contributed by atoms with Gasteiger partial charge in [-0.05, 0) is 241 Å². The maximum absolute atomic E-state index is 9.20. The summed E-state index contributed by atoms with van der Waals surface area (Å²) in [6.45, 7) is 0. The molecule has 2 heteroatoms. The smallest absolute Gasteiger partial charge is 0.143 e. The summed E-state index contributed by atoms with van der Waals surface area (Å²) in [5.74, 6) is 0. The number of hydrogen-bond donors (Lipinski definition) is 0. The number of para-hydroxylation sites is 1. The second-order valence-electron chi connectivity index (χ2n) is 28.9. The second kappa shape index (κ2) is 28.3. The van der Waals surface area contributed by atoms with Gasteiger partial charge in [0, 0.05) is 32.7 Å². The summed E-state index contributed by atoms with van der Waals surface area (Å²) in [6, 6.07) is 66.8. The quantitative estimate of drug-likeness (QED) is 0.101. The zero-order valence-electron chi connectivity index (χ0n) is 92.1. The standard InChI is InChI=1S/2C58H36O/c1-4-17-37(18-5-1)44-29-16-30-50-57-52(38-19-6-2-7-20-38)35-42(36-54(57)59-58(44)50)51-33-40-23-10-11-24-43(40)53-34-41(31-32-45(51)53)56-48-27-14-12-25-46(48)55(39-21-8-3-9-22-39)47-26-13-15-28-49(47)56;1-4-16-37(17-5-1)40-28-31-52-54(36-40)59-58-44(38-18-6-2-7-19-38)32-33-51(57(52)58)53-35-42-34-41(29-30-43(42)45-22-10-11-23-46(45)53)56-49-26-14-12-24-47(49)55(39-20-8-3-9-21-39)48-25-13-15-27-50(48)56/h2*1-36H/i1D,2D,3D,4D,5D,6D,7D,8D,9D,17D,18D,19D,20D,21D,22D;1D,2D,3D,4D,5D,6D,7D,8D,9D,16D,17D,18D,19D,20D,21D. The van der Waals surface area contributed by atoms with Crippen LogP contribution in [0.1, 0.15) is 41.1 Å². The van der Waals surface area contributed by atoms with Crippen LogP contribution in [0.5, 0.6) is 0 Å². The van der Waals surface area contributed by atoms with Crippen LogP contribution in [-0.2, 0) is 0 Å². The van der Waals surface area contributed by atoms with Gasteiger partial charge in [-0.3, -0.25) is 0 Å². The molecule has 0 aliphatic rings. The molecule has 2 heterocycles. The molecule has 0 spiro atoms. The van der Waals surface area contributed by atoms with Crippen LogP contribution in [0.25, 0.3) is 241 Å². The summed E-state index contributed by atoms with van der Waals surface area (Å²) >= 11 is 0. The van der Waals surface area contributed by atoms with Crippen LogP contribution in [0.15, 0.2) is 445 Å². The Morgan fingerprint density at radius 3 is 1.08 bits per heavy atom. The van der Waals surface area contributed by atoms with Crippen LogP contribution >= 0.6 is 0 Å². The zero-order valence-corrected chi connectivity index (χ0v) is 62.1. The second-order valence-corrected chi connectivity index (χ2v) is 28.9. The van der Waals surface area contributed by atoms with Crippen LogP contribution in [0.3, 0.4) is 0 Å². The molecule has 24 aromatic rings. The molecule has 0 atom stereocenters. The van der Waals surface area contributed by atoms with Gasteiger partial charge in [-0.2, -0.15) is 0 Å². The minimum absolute atomic E-state index is 0.0231. The molecule has 0 bridgehead atoms. The molecule has 0 aliphatic heterocycles. The van der Waals surface area contributed by atoms with Crippen molar-refractivity contribution in [3.05, 3.63) is 436 Å². The van der Waals surface area contributed by atoms with E-state index in [0.717, 1.165) is 98.0 Å². The van der Waals surface area contributed by atoms with Gasteiger partial charge in [0.15, 0.2) is 0 Å². The molecule has 0 amide bonds. The van der Waals surface area contributed by atoms with E-state index >= 15 is 0 Å². The Hall–Kier alpha value is -15.5. The molecule has 22 aromatic carbocycles. The minimum atomic E-state index is -0.558. The lowest BCUT2D eigenvalue weighted by Crippen LogP contribution is -1.92. The first-order valence-electron chi connectivity index (χ1n) is 53.2. The Kier molecular flexibility index (Phi) is 10.6. The first kappa shape index (κ1) is 44.3. The third kappa shape index (κ3) is 11.3. The van der Waals surface area contributed by atoms with Crippen molar-refractivity contribution in [3.8, 4) is 111 Å². The highest BCUT2D eigenvalue weighted by molar-refractivity contribution is 6.27. The summed E-state index contributed by atoms with van der Waals surface area (Å²) in [6.07, 6.45) is 0. The van der Waals surface area contributed by atoms with Gasteiger partial charge in [0.25, 0.3) is 0 Å². The molecule has 0 N–H and O–H groups in total. The van der Waals surface area contributed by atoms with Crippen LogP contribution in [0.2, 0.25) is 0 Å². The van der Waals surface area contributed by atoms with Crippen molar-refractivity contribution in [1.29, 1.82) is 0 Å². The van der Waals surface area contributed by atoms with Crippen LogP contribution < -0.4 is 0 Å². The fraction of sp³-hybridized carbons (Fsp3) is 0. The van der Waals surface area contributed by atoms with Crippen LogP contribution in [-0.4, -0.2) is 0 Å². The summed E-state index contributed by atoms with van der Waals surface area (Å²) < 4.78 is 273. The van der Waals surface area contributed by atoms with E-state index in [1.54, 1.807) is 48.5 Å². The van der Waals surface area contributed by atoms with E-state index in [9.17, 15) is 2.74 Å². The van der Waals surface area contributed by atoms with Gasteiger partial charge >= 0.3 is 0 Å². The third-order valence-electron chi connectivity index (χ3n) is 22.6. The van der Waals surface area contributed by atoms with E-state index in [2.05, 4.69) is 30.3 Å². The molecule has 0 saturated carbocycles. The van der Waals surface area contributed by atoms with Crippen molar-refractivity contribution in [3.63, 3.8) is 0 Å². The van der Waals surface area contributed by atoms with Gasteiger partial charge in [-0.15, -0.1) is 0 Å². The summed E-state index contributed by atoms with van der Waals surface area (Å²) in [5, 5.41) is 15.1. The summed E-state index contributed by atoms with van der Waals surface area (Å²) in [7, 11) is 0. The summed E-state index contributed by atoms with van der Waals surface area (Å²) in [5.41, 5.74) is 9.19. The molecule has 2 aromatic heterocycles. The van der Waals surface area contributed by atoms with Crippen LogP contribution in [0, 0.1) is 0 Å². The highest BCUT2D eigenvalue weighted by Crippen LogP contribution is 2.52. The van der Waals surface area contributed by atoms with Crippen molar-refractivity contribution in [1.82, 2.24) is 0 Å². The van der Waals surface area contributed by atoms with E-state index in [4.69, 9.17) is 47.2 Å². The molecule has 548 valence electrons. The van der Waals surface area contributed by atoms with Crippen molar-refractivity contribution >= 4 is 130 Å². The maximum atomic E-state index is 9.20. The largest absolute Gasteiger partial charge is 0.455 e. The first-order chi connectivity index (χ1) is 71.0. The first-order valence-corrected chi connectivity index (χ1v) is 38.2. The lowest BCUT2D eigenvalue weighted by atomic mass is 9.84. The molecular formula is C116H72O2. The zero-order chi connectivity index (χ0) is 104. The van der Waals surface area contributed by atoms with Crippen molar-refractivity contribution in [2.75, 3.05) is 0 Å². The minimum Gasteiger partial charge on any atom is -0.455 e. The fourth-order valence-corrected chi connectivity index (χ4v) is 17.6. The summed E-state index contributed by atoms with van der Waals surface area (Å²) in [4.78, 5) is 0. The van der Waals surface area contributed by atoms with E-state index < -0.39 is 145 Å². The van der Waals surface area contributed by atoms with Gasteiger partial charge < -0.3 is 8.83 Å². The molecule has 0 unspecified atom stereocenters. The molecule has 0 aliphatic carbocycles. The van der Waals surface area contributed by atoms with Crippen molar-refractivity contribution < 1.29 is 50.0 Å². The molecule has 0 fully saturated rings. The Labute approximate surface area is 724 Å². The van der Waals surface area contributed by atoms with Crippen molar-refractivity contribution in [2.45, 2.75) is 0 Å². The number of fused-ring (bicyclic) bond motifs is 16. The Morgan fingerprint density at radius 1 is 0.161 bits per heavy atom. The van der Waals surface area contributed by atoms with Gasteiger partial charge in [-0.25, -0.2) is 0 Å². The number of furan rings is 2. The van der Waals surface area contributed by atoms with E-state index in [-0.39, 0.29) is 109 Å². The van der Waals surface area contributed by atoms with Gasteiger partial charge in [0.2, 0.25) is 0 Å². The molecule has 0 saturated heterocycles. The fourth-order valence-electron chi connectivity index (χ4n) is 17.6. The van der Waals surface area contributed by atoms with Crippen molar-refractivity contribution in [2.24, 2.45) is 0 Å². The molecule has 0 radical (unpaired) electrons. The third-order valence-corrected chi connectivity index (χ3v) is 22.6. The lowest BCUT2D eigenvalue weighted by molar-refractivity contribution is 0.670. The average Bonchev–Trinajstić information content (AvgIpc) is 1.69. The number of hydrogen-bond acceptors (Lipinski definition) is 2. The predicted molar refractivity (Wildman–Crippen MR) is 502 cm³/mol. The normalized spacial score (nSPS) is 15.3. The Morgan fingerprint density at radius 2 is 0.534 bits per heavy atom. The Bertz CT molecular complexity index is 9860. The molecule has 118 heavy (non-hydrogen) atoms. The van der Waals surface area contributed by atoms with Gasteiger partial charge in [0.1, 0.15) is 22.3 Å². The lowest BCUT2D eigenvalue weighted by Gasteiger charge is -2.19. The molecular weight excluding hydrogens is 1430 g/mol.